The van der Waals surface area contributed by atoms with E-state index >= 15 is 0 Å². The molecule has 4 heteroatoms. The van der Waals surface area contributed by atoms with Crippen LogP contribution in [-0.2, 0) is 38.4 Å². The third-order valence-corrected chi connectivity index (χ3v) is 22.8. The summed E-state index contributed by atoms with van der Waals surface area (Å²) in [6.07, 6.45) is 7.17. The van der Waals surface area contributed by atoms with Crippen LogP contribution in [0, 0.1) is 0 Å². The summed E-state index contributed by atoms with van der Waals surface area (Å²) in [7, 11) is -4.04. The minimum absolute atomic E-state index is 0.442. The third-order valence-electron chi connectivity index (χ3n) is 14.0. The van der Waals surface area contributed by atoms with Gasteiger partial charge in [-0.15, -0.1) is 13.2 Å². The van der Waals surface area contributed by atoms with E-state index in [0.717, 1.165) is 58.1 Å². The van der Waals surface area contributed by atoms with E-state index in [4.69, 9.17) is 9.47 Å². The molecule has 0 fully saturated rings. The van der Waals surface area contributed by atoms with Crippen LogP contribution in [-0.4, -0.2) is 0 Å². The summed E-state index contributed by atoms with van der Waals surface area (Å²) >= 11 is 0. The summed E-state index contributed by atoms with van der Waals surface area (Å²) in [6, 6.07) is 97.5. The molecule has 0 saturated heterocycles. The van der Waals surface area contributed by atoms with Crippen LogP contribution in [0.5, 0.6) is 11.5 Å². The molecule has 0 aliphatic carbocycles. The maximum atomic E-state index is 6.74. The molecule has 0 radical (unpaired) electrons. The molecule has 0 aliphatic rings. The second kappa shape index (κ2) is 23.8. The molecule has 10 aromatic rings. The normalized spacial score (nSPS) is 11.4. The first-order chi connectivity index (χ1) is 36.6. The summed E-state index contributed by atoms with van der Waals surface area (Å²) in [5, 5.41) is 8.28. The fourth-order valence-corrected chi connectivity index (χ4v) is 18.8. The van der Waals surface area contributed by atoms with Gasteiger partial charge in [0.25, 0.3) is 0 Å². The van der Waals surface area contributed by atoms with Gasteiger partial charge < -0.3 is 9.47 Å². The highest BCUT2D eigenvalue weighted by Crippen LogP contribution is 2.59. The highest BCUT2D eigenvalue weighted by atomic mass is 31.2. The molecule has 0 bridgehead atoms. The van der Waals surface area contributed by atoms with Crippen molar-refractivity contribution in [3.8, 4) is 22.6 Å². The van der Waals surface area contributed by atoms with Crippen LogP contribution < -0.4 is 41.3 Å². The van der Waals surface area contributed by atoms with Crippen molar-refractivity contribution in [1.82, 2.24) is 0 Å². The maximum Gasteiger partial charge on any atom is 0.127 e. The van der Waals surface area contributed by atoms with Crippen LogP contribution in [0.1, 0.15) is 33.4 Å². The van der Waals surface area contributed by atoms with E-state index in [1.807, 2.05) is 12.2 Å². The van der Waals surface area contributed by atoms with Crippen LogP contribution in [0.3, 0.4) is 0 Å². The summed E-state index contributed by atoms with van der Waals surface area (Å²) < 4.78 is 13.4. The lowest BCUT2D eigenvalue weighted by Crippen LogP contribution is -2.32. The molecule has 362 valence electrons. The Morgan fingerprint density at radius 3 is 1.00 bits per heavy atom. The highest BCUT2D eigenvalue weighted by Gasteiger charge is 2.46. The van der Waals surface area contributed by atoms with Gasteiger partial charge >= 0.3 is 0 Å². The van der Waals surface area contributed by atoms with Crippen LogP contribution in [0.2, 0.25) is 0 Å². The van der Waals surface area contributed by atoms with E-state index in [2.05, 4.69) is 280 Å². The van der Waals surface area contributed by atoms with Gasteiger partial charge in [0.1, 0.15) is 71.1 Å². The maximum absolute atomic E-state index is 6.74. The molecule has 0 saturated carbocycles. The Morgan fingerprint density at radius 2 is 0.635 bits per heavy atom. The molecule has 0 unspecified atom stereocenters. The Labute approximate surface area is 440 Å². The first kappa shape index (κ1) is 49.7. The summed E-state index contributed by atoms with van der Waals surface area (Å²) in [6.45, 7) is 9.06. The molecule has 0 aliphatic heterocycles. The Morgan fingerprint density at radius 1 is 0.311 bits per heavy atom. The predicted octanol–water partition coefficient (Wildman–Crippen LogP) is 15.0. The molecule has 0 aromatic heterocycles. The Balaban J connectivity index is 0.868. The van der Waals surface area contributed by atoms with Crippen molar-refractivity contribution in [2.75, 3.05) is 0 Å². The summed E-state index contributed by atoms with van der Waals surface area (Å²) in [4.78, 5) is 0. The summed E-state index contributed by atoms with van der Waals surface area (Å²) in [5.74, 6) is 1.68. The van der Waals surface area contributed by atoms with Crippen molar-refractivity contribution in [1.29, 1.82) is 0 Å². The predicted molar refractivity (Wildman–Crippen MR) is 319 cm³/mol. The van der Waals surface area contributed by atoms with Crippen LogP contribution >= 0.6 is 14.5 Å². The smallest absolute Gasteiger partial charge is 0.127 e. The number of allylic oxidation sites excluding steroid dienone is 2. The van der Waals surface area contributed by atoms with Gasteiger partial charge in [-0.3, -0.25) is 0 Å². The van der Waals surface area contributed by atoms with Gasteiger partial charge in [0.15, 0.2) is 0 Å². The van der Waals surface area contributed by atoms with Crippen LogP contribution in [0.4, 0.5) is 0 Å². The standard InChI is InChI=1S/C70H62O2P2/c1-3-23-55-45-47-70(72-52-57-39-43-59(44-40-57)54-74(65-31-17-8-18-32-65,66-33-19-9-20-34-66)67-35-21-10-22-36-67)68(49-55)60-46-48-69(61(50-60)24-4-2)71-51-56-37-41-58(42-38-56)53-73(62-25-11-5-12-26-62,63-27-13-6-14-28-63)64-29-15-7-16-30-64/h3-22,25-50H,1-2,23-24,51-54H2/q+2. The lowest BCUT2D eigenvalue weighted by molar-refractivity contribution is 0.303. The average Bonchev–Trinajstić information content (AvgIpc) is 3.47. The lowest BCUT2D eigenvalue weighted by Gasteiger charge is -2.28. The van der Waals surface area contributed by atoms with E-state index in [0.29, 0.717) is 19.6 Å². The first-order valence-electron chi connectivity index (χ1n) is 25.5. The van der Waals surface area contributed by atoms with Gasteiger partial charge in [-0.1, -0.05) is 182 Å². The van der Waals surface area contributed by atoms with E-state index in [1.165, 1.54) is 48.5 Å². The van der Waals surface area contributed by atoms with E-state index in [-0.39, 0.29) is 0 Å². The van der Waals surface area contributed by atoms with Crippen molar-refractivity contribution >= 4 is 46.4 Å². The Kier molecular flexibility index (Phi) is 16.0. The molecule has 0 heterocycles. The number of hydrogen-bond donors (Lipinski definition) is 0. The van der Waals surface area contributed by atoms with Crippen molar-refractivity contribution in [2.45, 2.75) is 38.4 Å². The van der Waals surface area contributed by atoms with Gasteiger partial charge in [-0.2, -0.15) is 0 Å². The molecular weight excluding hydrogens is 935 g/mol. The third kappa shape index (κ3) is 11.0. The molecule has 0 atom stereocenters. The minimum Gasteiger partial charge on any atom is -0.489 e. The van der Waals surface area contributed by atoms with Crippen molar-refractivity contribution in [3.05, 3.63) is 326 Å². The zero-order chi connectivity index (χ0) is 50.4. The van der Waals surface area contributed by atoms with Crippen LogP contribution in [0.15, 0.2) is 292 Å². The fraction of sp³-hybridized carbons (Fsp3) is 0.0857. The zero-order valence-corrected chi connectivity index (χ0v) is 43.7. The van der Waals surface area contributed by atoms with Crippen molar-refractivity contribution in [2.24, 2.45) is 0 Å². The Bertz CT molecular complexity index is 3190. The van der Waals surface area contributed by atoms with E-state index in [1.54, 1.807) is 0 Å². The van der Waals surface area contributed by atoms with Gasteiger partial charge in [-0.25, -0.2) is 0 Å². The number of hydrogen-bond acceptors (Lipinski definition) is 2. The summed E-state index contributed by atoms with van der Waals surface area (Å²) in [5.41, 5.74) is 9.21. The topological polar surface area (TPSA) is 18.5 Å². The van der Waals surface area contributed by atoms with E-state index < -0.39 is 14.5 Å². The quantitative estimate of drug-likeness (QED) is 0.0528. The van der Waals surface area contributed by atoms with E-state index in [9.17, 15) is 0 Å². The van der Waals surface area contributed by atoms with Gasteiger partial charge in [0, 0.05) is 5.56 Å². The minimum atomic E-state index is -2.03. The zero-order valence-electron chi connectivity index (χ0n) is 41.9. The number of ether oxygens (including phenoxy) is 2. The van der Waals surface area contributed by atoms with Gasteiger partial charge in [0.05, 0.1) is 12.3 Å². The second-order valence-electron chi connectivity index (χ2n) is 18.8. The molecule has 2 nitrogen and oxygen atoms in total. The fourth-order valence-electron chi connectivity index (χ4n) is 10.3. The average molecular weight is 997 g/mol. The highest BCUT2D eigenvalue weighted by molar-refractivity contribution is 7.95. The SMILES string of the molecule is C=CCc1ccc(OCc2ccc(C[P+](c3ccccc3)(c3ccccc3)c3ccccc3)cc2)c(-c2ccc(OCc3ccc(C[P+](c4ccccc4)(c4ccccc4)c4ccccc4)cc3)c(CC=C)c2)c1. The largest absolute Gasteiger partial charge is 0.489 e. The number of benzene rings is 10. The van der Waals surface area contributed by atoms with Crippen molar-refractivity contribution < 1.29 is 9.47 Å². The number of rotatable bonds is 21. The lowest BCUT2D eigenvalue weighted by atomic mass is 9.97. The first-order valence-corrected chi connectivity index (χ1v) is 29.5. The molecule has 10 aromatic carbocycles. The van der Waals surface area contributed by atoms with Crippen LogP contribution in [0.25, 0.3) is 11.1 Å². The molecular formula is C70H62O2P2+2. The molecule has 0 amide bonds. The van der Waals surface area contributed by atoms with Gasteiger partial charge in [-0.05, 0) is 149 Å². The van der Waals surface area contributed by atoms with Crippen molar-refractivity contribution in [3.63, 3.8) is 0 Å². The monoisotopic (exact) mass is 996 g/mol. The second-order valence-corrected chi connectivity index (χ2v) is 25.8. The Hall–Kier alpha value is -7.86. The molecule has 0 spiro atoms. The molecule has 0 N–H and O–H groups in total. The molecule has 74 heavy (non-hydrogen) atoms. The molecule has 10 rings (SSSR count). The van der Waals surface area contributed by atoms with Gasteiger partial charge in [0.2, 0.25) is 0 Å².